The summed E-state index contributed by atoms with van der Waals surface area (Å²) in [5.74, 6) is 0.434. The summed E-state index contributed by atoms with van der Waals surface area (Å²) in [5.41, 5.74) is 1.83. The third kappa shape index (κ3) is 7.13. The maximum absolute atomic E-state index is 15.0. The largest absolute Gasteiger partial charge is 0.490 e. The number of aromatic nitrogens is 2. The van der Waals surface area contributed by atoms with E-state index in [0.29, 0.717) is 37.1 Å². The first kappa shape index (κ1) is 35.5. The molecule has 3 aromatic rings. The Morgan fingerprint density at radius 2 is 2.02 bits per heavy atom. The zero-order valence-corrected chi connectivity index (χ0v) is 31.0. The van der Waals surface area contributed by atoms with E-state index < -0.39 is 27.5 Å². The highest BCUT2D eigenvalue weighted by molar-refractivity contribution is 7.92. The summed E-state index contributed by atoms with van der Waals surface area (Å²) >= 11 is 6.46. The number of benzene rings is 2. The number of carbonyl (C=O) groups excluding carboxylic acids is 2. The number of anilines is 2. The molecule has 2 bridgehead atoms. The van der Waals surface area contributed by atoms with Gasteiger partial charge in [-0.1, -0.05) is 29.8 Å². The lowest BCUT2D eigenvalue weighted by Gasteiger charge is -2.46. The van der Waals surface area contributed by atoms with Crippen molar-refractivity contribution in [3.8, 4) is 5.75 Å². The van der Waals surface area contributed by atoms with Crippen LogP contribution in [0.25, 0.3) is 0 Å². The Morgan fingerprint density at radius 3 is 2.76 bits per heavy atom. The standard InChI is InChI=1S/C37H45ClN6O6S/c1-36(2)34(45)41-51(47,42-35(46)40-27-19-39-43(3)21-27)28-11-14-33-31(18-28)44(20-25-9-12-29(25)32(48-4)8-6-16-50-36)22-37(23-49-33)15-5-7-24-17-26(38)10-13-30(24)37/h6,8,10-11,13-14,17-19,21,25,29,32H,5,7,9,12,15-16,20,22-23H2,1-4H3,(H2,40,41,42,45,46,47)/t25-,29+,32-,37-,51+/m0/s1. The molecule has 1 aromatic heterocycles. The highest BCUT2D eigenvalue weighted by Crippen LogP contribution is 2.47. The number of amides is 3. The summed E-state index contributed by atoms with van der Waals surface area (Å²) in [6.07, 6.45) is 11.7. The summed E-state index contributed by atoms with van der Waals surface area (Å²) in [4.78, 5) is 29.6. The number of aryl methyl sites for hydroxylation is 2. The maximum atomic E-state index is 15.0. The molecule has 1 saturated carbocycles. The van der Waals surface area contributed by atoms with Crippen LogP contribution in [0, 0.1) is 11.8 Å². The SMILES string of the molecule is CO[C@H]1C=CCOC(C)(C)C(=O)N=[S@@](=O)(NC(=O)Nc2cnn(C)c2)c2ccc3c(c2)N(C[C@@H]2CC[C@H]21)C[C@@]1(CCCc2cc(Cl)ccc21)CO3. The van der Waals surface area contributed by atoms with Crippen molar-refractivity contribution in [3.63, 3.8) is 0 Å². The average Bonchev–Trinajstić information content (AvgIpc) is 3.42. The van der Waals surface area contributed by atoms with Crippen molar-refractivity contribution in [2.45, 2.75) is 68.0 Å². The molecule has 14 heteroatoms. The Morgan fingerprint density at radius 1 is 1.18 bits per heavy atom. The van der Waals surface area contributed by atoms with Crippen LogP contribution >= 0.6 is 11.6 Å². The molecule has 2 N–H and O–H groups in total. The van der Waals surface area contributed by atoms with Crippen molar-refractivity contribution < 1.29 is 28.0 Å². The van der Waals surface area contributed by atoms with Gasteiger partial charge in [0.05, 0.1) is 41.8 Å². The lowest BCUT2D eigenvalue weighted by molar-refractivity contribution is -0.137. The van der Waals surface area contributed by atoms with E-state index in [9.17, 15) is 13.8 Å². The fourth-order valence-corrected chi connectivity index (χ4v) is 9.58. The van der Waals surface area contributed by atoms with E-state index in [4.69, 9.17) is 25.8 Å². The Bertz CT molecular complexity index is 1990. The van der Waals surface area contributed by atoms with Crippen LogP contribution in [0.4, 0.5) is 16.2 Å². The number of nitrogens with zero attached hydrogens (tertiary/aromatic N) is 4. The first-order chi connectivity index (χ1) is 24.4. The molecule has 5 atom stereocenters. The smallest absolute Gasteiger partial charge is 0.332 e. The van der Waals surface area contributed by atoms with E-state index in [-0.39, 0.29) is 28.9 Å². The van der Waals surface area contributed by atoms with Crippen molar-refractivity contribution in [2.24, 2.45) is 23.2 Å². The number of ether oxygens (including phenoxy) is 3. The first-order valence-corrected chi connectivity index (χ1v) is 19.3. The molecule has 2 aromatic carbocycles. The van der Waals surface area contributed by atoms with Crippen LogP contribution in [0.1, 0.15) is 50.7 Å². The predicted molar refractivity (Wildman–Crippen MR) is 196 cm³/mol. The average molecular weight is 737 g/mol. The molecule has 12 nitrogen and oxygen atoms in total. The number of fused-ring (bicyclic) bond motifs is 4. The van der Waals surface area contributed by atoms with Gasteiger partial charge >= 0.3 is 6.03 Å². The first-order valence-electron chi connectivity index (χ1n) is 17.4. The predicted octanol–water partition coefficient (Wildman–Crippen LogP) is 6.04. The van der Waals surface area contributed by atoms with Gasteiger partial charge in [-0.2, -0.15) is 5.10 Å². The van der Waals surface area contributed by atoms with Gasteiger partial charge in [0.2, 0.25) is 0 Å². The van der Waals surface area contributed by atoms with Gasteiger partial charge in [-0.25, -0.2) is 13.7 Å². The van der Waals surface area contributed by atoms with Gasteiger partial charge in [0.15, 0.2) is 9.92 Å². The molecular weight excluding hydrogens is 692 g/mol. The lowest BCUT2D eigenvalue weighted by Crippen LogP contribution is -2.49. The summed E-state index contributed by atoms with van der Waals surface area (Å²) in [6, 6.07) is 10.5. The van der Waals surface area contributed by atoms with E-state index in [1.807, 2.05) is 18.2 Å². The zero-order chi connectivity index (χ0) is 36.0. The van der Waals surface area contributed by atoms with Crippen molar-refractivity contribution in [1.29, 1.82) is 0 Å². The molecule has 0 unspecified atom stereocenters. The van der Waals surface area contributed by atoms with Crippen molar-refractivity contribution in [3.05, 3.63) is 77.1 Å². The van der Waals surface area contributed by atoms with Gasteiger partial charge in [-0.15, -0.1) is 4.36 Å². The van der Waals surface area contributed by atoms with Crippen LogP contribution in [0.15, 0.2) is 70.2 Å². The van der Waals surface area contributed by atoms with Crippen LogP contribution in [0.2, 0.25) is 5.02 Å². The molecular formula is C37H45ClN6O6S. The van der Waals surface area contributed by atoms with E-state index in [0.717, 1.165) is 42.8 Å². The molecule has 0 saturated heterocycles. The minimum atomic E-state index is -3.90. The van der Waals surface area contributed by atoms with Gasteiger partial charge in [0, 0.05) is 43.9 Å². The molecule has 3 amide bonds. The summed E-state index contributed by atoms with van der Waals surface area (Å²) in [7, 11) is -0.460. The van der Waals surface area contributed by atoms with Crippen molar-refractivity contribution >= 4 is 44.8 Å². The number of methoxy groups -OCH3 is 1. The topological polar surface area (TPSA) is 136 Å². The molecule has 1 fully saturated rings. The quantitative estimate of drug-likeness (QED) is 0.311. The van der Waals surface area contributed by atoms with E-state index in [1.54, 1.807) is 52.4 Å². The third-order valence-electron chi connectivity index (χ3n) is 10.7. The number of nitrogens with one attached hydrogen (secondary N) is 2. The monoisotopic (exact) mass is 736 g/mol. The van der Waals surface area contributed by atoms with Crippen LogP contribution < -0.4 is 19.7 Å². The highest BCUT2D eigenvalue weighted by atomic mass is 35.5. The molecule has 272 valence electrons. The van der Waals surface area contributed by atoms with Crippen molar-refractivity contribution in [2.75, 3.05) is 43.6 Å². The van der Waals surface area contributed by atoms with Gasteiger partial charge in [-0.05, 0) is 99.2 Å². The second kappa shape index (κ2) is 13.9. The lowest BCUT2D eigenvalue weighted by atomic mass is 9.68. The van der Waals surface area contributed by atoms with Gasteiger partial charge in [0.1, 0.15) is 11.4 Å². The van der Waals surface area contributed by atoms with Crippen molar-refractivity contribution in [1.82, 2.24) is 14.5 Å². The van der Waals surface area contributed by atoms with E-state index in [2.05, 4.69) is 36.5 Å². The molecule has 4 aliphatic rings. The molecule has 51 heavy (non-hydrogen) atoms. The summed E-state index contributed by atoms with van der Waals surface area (Å²) in [6.45, 7) is 5.08. The summed E-state index contributed by atoms with van der Waals surface area (Å²) in [5, 5.41) is 7.45. The number of hydrogen-bond acceptors (Lipinski definition) is 8. The number of carbonyl (C=O) groups is 2. The zero-order valence-electron chi connectivity index (χ0n) is 29.4. The molecule has 3 heterocycles. The summed E-state index contributed by atoms with van der Waals surface area (Å²) < 4.78 is 41.9. The van der Waals surface area contributed by atoms with Crippen LogP contribution in [-0.4, -0.2) is 71.0 Å². The van der Waals surface area contributed by atoms with E-state index in [1.165, 1.54) is 22.0 Å². The highest BCUT2D eigenvalue weighted by Gasteiger charge is 2.44. The molecule has 0 radical (unpaired) electrons. The minimum absolute atomic E-state index is 0.120. The fraction of sp³-hybridized carbons (Fsp3) is 0.486. The Kier molecular flexibility index (Phi) is 9.68. The fourth-order valence-electron chi connectivity index (χ4n) is 7.84. The number of hydrogen-bond donors (Lipinski definition) is 2. The van der Waals surface area contributed by atoms with Gasteiger partial charge < -0.3 is 24.4 Å². The Hall–Kier alpha value is -3.91. The van der Waals surface area contributed by atoms with Crippen LogP contribution in [0.3, 0.4) is 0 Å². The Balaban J connectivity index is 1.35. The number of halogens is 1. The molecule has 2 aliphatic carbocycles. The second-order valence-corrected chi connectivity index (χ2v) is 16.9. The number of urea groups is 1. The molecule has 1 spiro atoms. The second-order valence-electron chi connectivity index (χ2n) is 14.6. The maximum Gasteiger partial charge on any atom is 0.332 e. The number of rotatable bonds is 3. The van der Waals surface area contributed by atoms with Gasteiger partial charge in [0.25, 0.3) is 5.91 Å². The Labute approximate surface area is 304 Å². The van der Waals surface area contributed by atoms with Crippen LogP contribution in [0.5, 0.6) is 5.75 Å². The molecule has 2 aliphatic heterocycles. The normalized spacial score (nSPS) is 28.7. The van der Waals surface area contributed by atoms with Gasteiger partial charge in [-0.3, -0.25) is 9.48 Å². The third-order valence-corrected chi connectivity index (χ3v) is 12.8. The minimum Gasteiger partial charge on any atom is -0.490 e. The van der Waals surface area contributed by atoms with Crippen LogP contribution in [-0.2, 0) is 43.1 Å². The van der Waals surface area contributed by atoms with E-state index >= 15 is 0 Å². The molecule has 7 rings (SSSR count).